The highest BCUT2D eigenvalue weighted by atomic mass is 16.2. The maximum atomic E-state index is 12.0. The number of carbonyl (C=O) groups excluding carboxylic acids is 1. The van der Waals surface area contributed by atoms with Crippen molar-refractivity contribution in [3.63, 3.8) is 0 Å². The molecule has 1 amide bonds. The van der Waals surface area contributed by atoms with Gasteiger partial charge in [-0.2, -0.15) is 5.26 Å². The van der Waals surface area contributed by atoms with E-state index in [9.17, 15) is 4.79 Å². The van der Waals surface area contributed by atoms with Crippen molar-refractivity contribution in [2.75, 3.05) is 6.54 Å². The lowest BCUT2D eigenvalue weighted by Crippen LogP contribution is -2.37. The molecule has 0 atom stereocenters. The third kappa shape index (κ3) is 2.76. The first-order chi connectivity index (χ1) is 7.56. The lowest BCUT2D eigenvalue weighted by molar-refractivity contribution is 0.0725. The van der Waals surface area contributed by atoms with E-state index in [1.165, 1.54) is 17.3 Å². The minimum atomic E-state index is -0.260. The van der Waals surface area contributed by atoms with Crippen LogP contribution in [0.2, 0.25) is 0 Å². The molecule has 0 fully saturated rings. The molecule has 0 unspecified atom stereocenters. The van der Waals surface area contributed by atoms with Crippen LogP contribution >= 0.6 is 0 Å². The molecule has 1 aromatic rings. The normalized spacial score (nSPS) is 9.94. The Balaban J connectivity index is 2.91. The smallest absolute Gasteiger partial charge is 0.275 e. The molecule has 5 heteroatoms. The molecule has 0 saturated heterocycles. The van der Waals surface area contributed by atoms with Gasteiger partial charge in [-0.3, -0.25) is 9.78 Å². The summed E-state index contributed by atoms with van der Waals surface area (Å²) in [6, 6.07) is 1.94. The highest BCUT2D eigenvalue weighted by Crippen LogP contribution is 2.05. The summed E-state index contributed by atoms with van der Waals surface area (Å²) in [6.45, 7) is 5.58. The Hall–Kier alpha value is -1.96. The molecule has 1 rings (SSSR count). The zero-order valence-corrected chi connectivity index (χ0v) is 9.64. The summed E-state index contributed by atoms with van der Waals surface area (Å²) in [5, 5.41) is 8.65. The summed E-state index contributed by atoms with van der Waals surface area (Å²) in [7, 11) is 0. The monoisotopic (exact) mass is 218 g/mol. The third-order valence-electron chi connectivity index (χ3n) is 2.13. The van der Waals surface area contributed by atoms with E-state index in [4.69, 9.17) is 5.26 Å². The summed E-state index contributed by atoms with van der Waals surface area (Å²) in [5.41, 5.74) is 1.03. The number of aromatic nitrogens is 2. The second kappa shape index (κ2) is 5.21. The molecule has 0 spiro atoms. The van der Waals surface area contributed by atoms with Gasteiger partial charge in [-0.05, 0) is 20.8 Å². The lowest BCUT2D eigenvalue weighted by Gasteiger charge is -2.23. The molecular formula is C11H14N4O. The highest BCUT2D eigenvalue weighted by molar-refractivity contribution is 5.92. The van der Waals surface area contributed by atoms with Gasteiger partial charge in [0.1, 0.15) is 12.2 Å². The Bertz CT molecular complexity index is 405. The molecule has 84 valence electrons. The Morgan fingerprint density at radius 3 is 2.62 bits per heavy atom. The first-order valence-corrected chi connectivity index (χ1v) is 5.02. The van der Waals surface area contributed by atoms with Crippen LogP contribution < -0.4 is 0 Å². The van der Waals surface area contributed by atoms with E-state index in [0.717, 1.165) is 5.69 Å². The van der Waals surface area contributed by atoms with Crippen molar-refractivity contribution in [1.82, 2.24) is 14.9 Å². The molecular weight excluding hydrogens is 204 g/mol. The van der Waals surface area contributed by atoms with Crippen molar-refractivity contribution in [1.29, 1.82) is 5.26 Å². The number of amides is 1. The Kier molecular flexibility index (Phi) is 3.95. The zero-order valence-electron chi connectivity index (χ0n) is 9.64. The van der Waals surface area contributed by atoms with E-state index in [1.807, 2.05) is 19.9 Å². The van der Waals surface area contributed by atoms with E-state index in [-0.39, 0.29) is 24.2 Å². The average molecular weight is 218 g/mol. The zero-order chi connectivity index (χ0) is 12.1. The fourth-order valence-electron chi connectivity index (χ4n) is 1.22. The summed E-state index contributed by atoms with van der Waals surface area (Å²) in [4.78, 5) is 21.4. The second-order valence-corrected chi connectivity index (χ2v) is 3.73. The Morgan fingerprint density at radius 1 is 1.50 bits per heavy atom. The molecule has 0 aliphatic rings. The highest BCUT2D eigenvalue weighted by Gasteiger charge is 2.19. The lowest BCUT2D eigenvalue weighted by atomic mass is 10.2. The number of hydrogen-bond acceptors (Lipinski definition) is 4. The van der Waals surface area contributed by atoms with Gasteiger partial charge >= 0.3 is 0 Å². The second-order valence-electron chi connectivity index (χ2n) is 3.73. The fraction of sp³-hybridized carbons (Fsp3) is 0.455. The van der Waals surface area contributed by atoms with Crippen molar-refractivity contribution in [3.05, 3.63) is 23.8 Å². The SMILES string of the molecule is Cc1cnc(C(=O)N(CC#N)C(C)C)cn1. The van der Waals surface area contributed by atoms with Gasteiger partial charge in [0.25, 0.3) is 5.91 Å². The Morgan fingerprint density at radius 2 is 2.19 bits per heavy atom. The molecule has 1 heterocycles. The molecule has 0 aliphatic carbocycles. The van der Waals surface area contributed by atoms with Crippen molar-refractivity contribution < 1.29 is 4.79 Å². The number of nitrogens with zero attached hydrogens (tertiary/aromatic N) is 4. The quantitative estimate of drug-likeness (QED) is 0.714. The van der Waals surface area contributed by atoms with E-state index in [0.29, 0.717) is 0 Å². The first-order valence-electron chi connectivity index (χ1n) is 5.02. The van der Waals surface area contributed by atoms with E-state index >= 15 is 0 Å². The number of carbonyl (C=O) groups is 1. The van der Waals surface area contributed by atoms with Crippen LogP contribution in [0, 0.1) is 18.3 Å². The minimum Gasteiger partial charge on any atom is -0.322 e. The summed E-state index contributed by atoms with van der Waals surface area (Å²) >= 11 is 0. The van der Waals surface area contributed by atoms with Gasteiger partial charge in [-0.25, -0.2) is 4.98 Å². The number of aryl methyl sites for hydroxylation is 1. The third-order valence-corrected chi connectivity index (χ3v) is 2.13. The largest absolute Gasteiger partial charge is 0.322 e. The molecule has 5 nitrogen and oxygen atoms in total. The van der Waals surface area contributed by atoms with Gasteiger partial charge in [-0.1, -0.05) is 0 Å². The average Bonchev–Trinajstić information content (AvgIpc) is 2.25. The number of hydrogen-bond donors (Lipinski definition) is 0. The van der Waals surface area contributed by atoms with Crippen LogP contribution in [-0.4, -0.2) is 33.4 Å². The fourth-order valence-corrected chi connectivity index (χ4v) is 1.22. The molecule has 0 N–H and O–H groups in total. The van der Waals surface area contributed by atoms with Crippen LogP contribution in [0.1, 0.15) is 30.0 Å². The van der Waals surface area contributed by atoms with Gasteiger partial charge in [0, 0.05) is 12.2 Å². The topological polar surface area (TPSA) is 69.9 Å². The van der Waals surface area contributed by atoms with Crippen LogP contribution in [0.4, 0.5) is 0 Å². The van der Waals surface area contributed by atoms with Crippen molar-refractivity contribution >= 4 is 5.91 Å². The van der Waals surface area contributed by atoms with Crippen molar-refractivity contribution in [2.45, 2.75) is 26.8 Å². The van der Waals surface area contributed by atoms with E-state index in [1.54, 1.807) is 6.92 Å². The molecule has 0 saturated carbocycles. The standard InChI is InChI=1S/C11H14N4O/c1-8(2)15(5-4-12)11(16)10-7-13-9(3)6-14-10/h6-8H,5H2,1-3H3. The van der Waals surface area contributed by atoms with E-state index < -0.39 is 0 Å². The molecule has 0 bridgehead atoms. The molecule has 16 heavy (non-hydrogen) atoms. The Labute approximate surface area is 94.7 Å². The summed E-state index contributed by atoms with van der Waals surface area (Å²) in [6.07, 6.45) is 2.97. The van der Waals surface area contributed by atoms with E-state index in [2.05, 4.69) is 9.97 Å². The van der Waals surface area contributed by atoms with Gasteiger partial charge in [0.05, 0.1) is 18.0 Å². The maximum absolute atomic E-state index is 12.0. The summed E-state index contributed by atoms with van der Waals surface area (Å²) in [5.74, 6) is -0.260. The molecule has 0 aliphatic heterocycles. The van der Waals surface area contributed by atoms with Gasteiger partial charge in [-0.15, -0.1) is 0 Å². The summed E-state index contributed by atoms with van der Waals surface area (Å²) < 4.78 is 0. The number of rotatable bonds is 3. The predicted molar refractivity (Wildman–Crippen MR) is 58.6 cm³/mol. The minimum absolute atomic E-state index is 0.0322. The molecule has 1 aromatic heterocycles. The van der Waals surface area contributed by atoms with Crippen molar-refractivity contribution in [3.8, 4) is 6.07 Å². The molecule has 0 aromatic carbocycles. The predicted octanol–water partition coefficient (Wildman–Crippen LogP) is 1.16. The van der Waals surface area contributed by atoms with Crippen molar-refractivity contribution in [2.24, 2.45) is 0 Å². The van der Waals surface area contributed by atoms with Gasteiger partial charge < -0.3 is 4.90 Å². The maximum Gasteiger partial charge on any atom is 0.275 e. The van der Waals surface area contributed by atoms with Crippen LogP contribution in [0.15, 0.2) is 12.4 Å². The van der Waals surface area contributed by atoms with Gasteiger partial charge in [0.2, 0.25) is 0 Å². The molecule has 0 radical (unpaired) electrons. The number of nitriles is 1. The van der Waals surface area contributed by atoms with Crippen LogP contribution in [0.5, 0.6) is 0 Å². The van der Waals surface area contributed by atoms with Crippen LogP contribution in [-0.2, 0) is 0 Å². The van der Waals surface area contributed by atoms with Crippen LogP contribution in [0.25, 0.3) is 0 Å². The van der Waals surface area contributed by atoms with Gasteiger partial charge in [0.15, 0.2) is 0 Å². The first kappa shape index (κ1) is 12.1. The van der Waals surface area contributed by atoms with Crippen LogP contribution in [0.3, 0.4) is 0 Å².